The van der Waals surface area contributed by atoms with Crippen LogP contribution in [0, 0.1) is 0 Å². The van der Waals surface area contributed by atoms with Gasteiger partial charge in [-0.1, -0.05) is 30.3 Å². The highest BCUT2D eigenvalue weighted by molar-refractivity contribution is 6.12. The second-order valence-corrected chi connectivity index (χ2v) is 5.24. The van der Waals surface area contributed by atoms with Gasteiger partial charge in [0.2, 0.25) is 0 Å². The summed E-state index contributed by atoms with van der Waals surface area (Å²) in [6.07, 6.45) is 0. The van der Waals surface area contributed by atoms with Crippen LogP contribution in [0.15, 0.2) is 46.9 Å². The van der Waals surface area contributed by atoms with Crippen molar-refractivity contribution in [2.45, 2.75) is 25.8 Å². The van der Waals surface area contributed by atoms with E-state index in [4.69, 9.17) is 14.9 Å². The summed E-state index contributed by atoms with van der Waals surface area (Å²) in [6, 6.07) is 10.4. The fourth-order valence-corrected chi connectivity index (χ4v) is 2.24. The molecule has 2 aromatic rings. The number of hydrogen-bond acceptors (Lipinski definition) is 6. The summed E-state index contributed by atoms with van der Waals surface area (Å²) in [5, 5.41) is 0. The van der Waals surface area contributed by atoms with Gasteiger partial charge >= 0.3 is 5.97 Å². The number of benzene rings is 1. The van der Waals surface area contributed by atoms with Crippen LogP contribution in [0.1, 0.15) is 47.7 Å². The summed E-state index contributed by atoms with van der Waals surface area (Å²) in [7, 11) is 0. The van der Waals surface area contributed by atoms with E-state index in [2.05, 4.69) is 0 Å². The Morgan fingerprint density at radius 3 is 2.29 bits per heavy atom. The van der Waals surface area contributed by atoms with Gasteiger partial charge in [-0.25, -0.2) is 0 Å². The summed E-state index contributed by atoms with van der Waals surface area (Å²) >= 11 is 0. The zero-order chi connectivity index (χ0) is 17.7. The van der Waals surface area contributed by atoms with Crippen molar-refractivity contribution in [3.63, 3.8) is 0 Å². The monoisotopic (exact) mass is 329 g/mol. The number of carbonyl (C=O) groups is 3. The van der Waals surface area contributed by atoms with E-state index in [1.54, 1.807) is 37.3 Å². The van der Waals surface area contributed by atoms with Crippen molar-refractivity contribution in [2.24, 2.45) is 5.73 Å². The third kappa shape index (κ3) is 3.78. The number of ketones is 2. The van der Waals surface area contributed by atoms with Crippen LogP contribution in [0.25, 0.3) is 0 Å². The number of nitrogens with two attached hydrogens (primary N) is 1. The highest BCUT2D eigenvalue weighted by atomic mass is 16.5. The second-order valence-electron chi connectivity index (χ2n) is 5.24. The Kier molecular flexibility index (Phi) is 5.65. The Hall–Kier alpha value is -2.73. The van der Waals surface area contributed by atoms with Crippen LogP contribution in [0.2, 0.25) is 0 Å². The minimum atomic E-state index is -1.24. The van der Waals surface area contributed by atoms with Gasteiger partial charge < -0.3 is 14.9 Å². The van der Waals surface area contributed by atoms with Crippen LogP contribution >= 0.6 is 0 Å². The first-order valence-corrected chi connectivity index (χ1v) is 7.57. The molecule has 0 spiro atoms. The van der Waals surface area contributed by atoms with Crippen molar-refractivity contribution in [1.82, 2.24) is 0 Å². The summed E-state index contributed by atoms with van der Waals surface area (Å²) in [4.78, 5) is 36.4. The largest absolute Gasteiger partial charge is 0.465 e. The van der Waals surface area contributed by atoms with E-state index < -0.39 is 23.7 Å². The van der Waals surface area contributed by atoms with E-state index in [1.165, 1.54) is 19.1 Å². The number of ether oxygens (including phenoxy) is 1. The molecule has 0 aliphatic carbocycles. The summed E-state index contributed by atoms with van der Waals surface area (Å²) in [5.41, 5.74) is 6.09. The number of Topliss-reactive ketones (excluding diaryl/α,β-unsaturated/α-hetero) is 2. The Labute approximate surface area is 139 Å². The first kappa shape index (κ1) is 17.6. The molecule has 1 aromatic carbocycles. The predicted octanol–water partition coefficient (Wildman–Crippen LogP) is 2.40. The lowest BCUT2D eigenvalue weighted by molar-refractivity contribution is -0.144. The number of hydrogen-bond donors (Lipinski definition) is 1. The van der Waals surface area contributed by atoms with E-state index >= 15 is 0 Å². The van der Waals surface area contributed by atoms with Crippen LogP contribution in [-0.2, 0) is 14.3 Å². The summed E-state index contributed by atoms with van der Waals surface area (Å²) < 4.78 is 10.5. The fraction of sp³-hybridized carbons (Fsp3) is 0.278. The molecule has 2 N–H and O–H groups in total. The van der Waals surface area contributed by atoms with Gasteiger partial charge in [-0.3, -0.25) is 14.4 Å². The van der Waals surface area contributed by atoms with Crippen LogP contribution in [-0.4, -0.2) is 24.1 Å². The molecule has 0 fully saturated rings. The standard InChI is InChI=1S/C18H19NO5/c1-3-23-18(22)15(17(21)12-7-5-4-6-8-12)13-9-10-14(24-13)16(19)11(2)20/h4-10,15-16H,3,19H2,1-2H3. The highest BCUT2D eigenvalue weighted by Crippen LogP contribution is 2.27. The average Bonchev–Trinajstić information content (AvgIpc) is 3.04. The van der Waals surface area contributed by atoms with E-state index in [-0.39, 0.29) is 23.9 Å². The maximum atomic E-state index is 12.7. The molecule has 1 heterocycles. The van der Waals surface area contributed by atoms with Gasteiger partial charge in [0.05, 0.1) is 6.61 Å². The number of carbonyl (C=O) groups excluding carboxylic acids is 3. The molecule has 0 amide bonds. The van der Waals surface area contributed by atoms with E-state index in [0.717, 1.165) is 0 Å². The lowest BCUT2D eigenvalue weighted by atomic mass is 9.95. The van der Waals surface area contributed by atoms with Crippen molar-refractivity contribution >= 4 is 17.5 Å². The van der Waals surface area contributed by atoms with Crippen molar-refractivity contribution in [2.75, 3.05) is 6.61 Å². The number of rotatable bonds is 7. The molecular weight excluding hydrogens is 310 g/mol. The third-order valence-corrected chi connectivity index (χ3v) is 3.52. The topological polar surface area (TPSA) is 99.6 Å². The van der Waals surface area contributed by atoms with Crippen LogP contribution in [0.3, 0.4) is 0 Å². The average molecular weight is 329 g/mol. The van der Waals surface area contributed by atoms with Crippen LogP contribution < -0.4 is 5.73 Å². The van der Waals surface area contributed by atoms with E-state index in [9.17, 15) is 14.4 Å². The van der Waals surface area contributed by atoms with Crippen molar-refractivity contribution in [3.8, 4) is 0 Å². The Balaban J connectivity index is 2.38. The molecule has 24 heavy (non-hydrogen) atoms. The maximum absolute atomic E-state index is 12.7. The second kappa shape index (κ2) is 7.70. The fourth-order valence-electron chi connectivity index (χ4n) is 2.24. The van der Waals surface area contributed by atoms with Crippen molar-refractivity contribution < 1.29 is 23.5 Å². The predicted molar refractivity (Wildman–Crippen MR) is 86.5 cm³/mol. The van der Waals surface area contributed by atoms with Gasteiger partial charge in [0.25, 0.3) is 0 Å². The number of furan rings is 1. The van der Waals surface area contributed by atoms with Crippen molar-refractivity contribution in [3.05, 3.63) is 59.5 Å². The van der Waals surface area contributed by atoms with Gasteiger partial charge in [0.1, 0.15) is 17.6 Å². The summed E-state index contributed by atoms with van der Waals surface area (Å²) in [6.45, 7) is 3.13. The maximum Gasteiger partial charge on any atom is 0.324 e. The van der Waals surface area contributed by atoms with Gasteiger partial charge in [-0.2, -0.15) is 0 Å². The van der Waals surface area contributed by atoms with Gasteiger partial charge in [-0.05, 0) is 26.0 Å². The molecule has 2 unspecified atom stereocenters. The first-order valence-electron chi connectivity index (χ1n) is 7.57. The molecule has 0 aliphatic heterocycles. The molecule has 0 saturated heterocycles. The quantitative estimate of drug-likeness (QED) is 0.476. The highest BCUT2D eigenvalue weighted by Gasteiger charge is 2.34. The molecule has 6 heteroatoms. The SMILES string of the molecule is CCOC(=O)C(C(=O)c1ccccc1)c1ccc(C(N)C(C)=O)o1. The number of esters is 1. The zero-order valence-electron chi connectivity index (χ0n) is 13.5. The van der Waals surface area contributed by atoms with E-state index in [1.807, 2.05) is 0 Å². The van der Waals surface area contributed by atoms with Gasteiger partial charge in [0.15, 0.2) is 17.5 Å². The molecule has 0 aliphatic rings. The zero-order valence-corrected chi connectivity index (χ0v) is 13.5. The lowest BCUT2D eigenvalue weighted by Crippen LogP contribution is -2.24. The molecule has 6 nitrogen and oxygen atoms in total. The Morgan fingerprint density at radius 2 is 1.71 bits per heavy atom. The molecule has 126 valence electrons. The molecule has 0 saturated carbocycles. The first-order chi connectivity index (χ1) is 11.5. The minimum Gasteiger partial charge on any atom is -0.465 e. The van der Waals surface area contributed by atoms with Gasteiger partial charge in [0, 0.05) is 5.56 Å². The summed E-state index contributed by atoms with van der Waals surface area (Å²) in [5.74, 6) is -2.35. The molecule has 0 radical (unpaired) electrons. The Bertz CT molecular complexity index is 735. The lowest BCUT2D eigenvalue weighted by Gasteiger charge is -2.13. The normalized spacial score (nSPS) is 13.1. The minimum absolute atomic E-state index is 0.106. The van der Waals surface area contributed by atoms with Gasteiger partial charge in [-0.15, -0.1) is 0 Å². The molecule has 2 atom stereocenters. The molecule has 2 rings (SSSR count). The van der Waals surface area contributed by atoms with Crippen LogP contribution in [0.5, 0.6) is 0 Å². The third-order valence-electron chi connectivity index (χ3n) is 3.52. The molecule has 0 bridgehead atoms. The van der Waals surface area contributed by atoms with Crippen molar-refractivity contribution in [1.29, 1.82) is 0 Å². The Morgan fingerprint density at radius 1 is 1.08 bits per heavy atom. The van der Waals surface area contributed by atoms with E-state index in [0.29, 0.717) is 5.56 Å². The molecule has 1 aromatic heterocycles. The smallest absolute Gasteiger partial charge is 0.324 e. The van der Waals surface area contributed by atoms with Crippen LogP contribution in [0.4, 0.5) is 0 Å². The molecular formula is C18H19NO5.